The number of fused-ring (bicyclic) bond motifs is 1. The van der Waals surface area contributed by atoms with Crippen molar-refractivity contribution in [3.63, 3.8) is 0 Å². The minimum absolute atomic E-state index is 0.00686. The molecule has 0 saturated carbocycles. The van der Waals surface area contributed by atoms with Gasteiger partial charge in [0.15, 0.2) is 6.61 Å². The lowest BCUT2D eigenvalue weighted by atomic mass is 9.83. The first-order valence-corrected chi connectivity index (χ1v) is 12.7. The Bertz CT molecular complexity index is 1370. The molecule has 1 unspecified atom stereocenters. The molecule has 0 aromatic heterocycles. The van der Waals surface area contributed by atoms with Gasteiger partial charge in [0, 0.05) is 17.2 Å². The van der Waals surface area contributed by atoms with Gasteiger partial charge in [-0.05, 0) is 55.7 Å². The average molecular weight is 513 g/mol. The maximum absolute atomic E-state index is 12.5. The number of ether oxygens (including phenoxy) is 4. The van der Waals surface area contributed by atoms with E-state index in [9.17, 15) is 10.1 Å². The van der Waals surface area contributed by atoms with E-state index >= 15 is 0 Å². The van der Waals surface area contributed by atoms with E-state index in [-0.39, 0.29) is 18.2 Å². The molecule has 0 amide bonds. The van der Waals surface area contributed by atoms with Gasteiger partial charge in [0.1, 0.15) is 34.6 Å². The molecule has 7 heteroatoms. The molecule has 2 N–H and O–H groups in total. The molecular formula is C31H32N2O5. The molecule has 0 spiro atoms. The smallest absolute Gasteiger partial charge is 0.349 e. The lowest BCUT2D eigenvalue weighted by Gasteiger charge is -2.28. The molecule has 3 aromatic rings. The van der Waals surface area contributed by atoms with Crippen LogP contribution < -0.4 is 24.7 Å². The van der Waals surface area contributed by atoms with Crippen LogP contribution in [-0.4, -0.2) is 19.2 Å². The fourth-order valence-electron chi connectivity index (χ4n) is 4.52. The average Bonchev–Trinajstić information content (AvgIpc) is 2.89. The van der Waals surface area contributed by atoms with E-state index < -0.39 is 11.9 Å². The maximum atomic E-state index is 12.5. The van der Waals surface area contributed by atoms with Crippen LogP contribution in [0.4, 0.5) is 0 Å². The van der Waals surface area contributed by atoms with Gasteiger partial charge in [-0.3, -0.25) is 0 Å². The fraction of sp³-hybridized carbons (Fsp3) is 0.290. The van der Waals surface area contributed by atoms with Crippen LogP contribution in [0, 0.1) is 25.2 Å². The van der Waals surface area contributed by atoms with Gasteiger partial charge in [0.05, 0.1) is 12.5 Å². The van der Waals surface area contributed by atoms with Gasteiger partial charge >= 0.3 is 5.97 Å². The molecule has 1 aliphatic rings. The molecule has 4 rings (SSSR count). The third kappa shape index (κ3) is 6.27. The van der Waals surface area contributed by atoms with Gasteiger partial charge in [-0.15, -0.1) is 0 Å². The van der Waals surface area contributed by atoms with E-state index in [4.69, 9.17) is 24.7 Å². The van der Waals surface area contributed by atoms with Gasteiger partial charge in [-0.1, -0.05) is 50.1 Å². The van der Waals surface area contributed by atoms with Crippen molar-refractivity contribution < 1.29 is 23.7 Å². The first-order chi connectivity index (χ1) is 18.4. The van der Waals surface area contributed by atoms with Gasteiger partial charge in [0.25, 0.3) is 0 Å². The molecular weight excluding hydrogens is 480 g/mol. The zero-order valence-corrected chi connectivity index (χ0v) is 22.0. The number of hydrogen-bond acceptors (Lipinski definition) is 7. The predicted octanol–water partition coefficient (Wildman–Crippen LogP) is 6.08. The molecule has 196 valence electrons. The second-order valence-corrected chi connectivity index (χ2v) is 9.30. The number of rotatable bonds is 10. The van der Waals surface area contributed by atoms with E-state index in [1.165, 1.54) is 0 Å². The van der Waals surface area contributed by atoms with Crippen LogP contribution in [0.1, 0.15) is 54.4 Å². The van der Waals surface area contributed by atoms with Gasteiger partial charge in [0.2, 0.25) is 5.88 Å². The number of benzene rings is 3. The monoisotopic (exact) mass is 512 g/mol. The highest BCUT2D eigenvalue weighted by Gasteiger charge is 2.33. The third-order valence-corrected chi connectivity index (χ3v) is 6.21. The van der Waals surface area contributed by atoms with Crippen molar-refractivity contribution in [1.29, 1.82) is 5.26 Å². The molecule has 0 saturated heterocycles. The summed E-state index contributed by atoms with van der Waals surface area (Å²) < 4.78 is 23.0. The largest absolute Gasteiger partial charge is 0.493 e. The second kappa shape index (κ2) is 12.2. The Morgan fingerprint density at radius 1 is 0.974 bits per heavy atom. The number of unbranched alkanes of at least 4 members (excludes halogenated alkanes) is 2. The molecule has 0 bridgehead atoms. The third-order valence-electron chi connectivity index (χ3n) is 6.21. The first kappa shape index (κ1) is 26.6. The first-order valence-electron chi connectivity index (χ1n) is 12.7. The summed E-state index contributed by atoms with van der Waals surface area (Å²) in [7, 11) is 0. The van der Waals surface area contributed by atoms with E-state index in [2.05, 4.69) is 13.0 Å². The number of esters is 1. The molecule has 1 atom stereocenters. The van der Waals surface area contributed by atoms with E-state index in [0.717, 1.165) is 41.5 Å². The number of carbonyl (C=O) groups is 1. The summed E-state index contributed by atoms with van der Waals surface area (Å²) in [5, 5.41) is 9.92. The summed E-state index contributed by atoms with van der Waals surface area (Å²) in [5.41, 5.74) is 10.1. The van der Waals surface area contributed by atoms with Gasteiger partial charge in [-0.2, -0.15) is 5.26 Å². The molecule has 0 aliphatic carbocycles. The van der Waals surface area contributed by atoms with Crippen LogP contribution >= 0.6 is 0 Å². The standard InChI is InChI=1S/C31H32N2O5/c1-4-5-8-13-35-27-10-7-6-9-24(27)30-25-12-11-22(17-28(25)38-31(33)26(30)18-32)37-29(34)19-36-23-15-20(2)14-21(3)16-23/h6-7,9-12,14-17,30H,4-5,8,13,19,33H2,1-3H3. The Morgan fingerprint density at radius 2 is 1.74 bits per heavy atom. The molecule has 1 aliphatic heterocycles. The van der Waals surface area contributed by atoms with Crippen LogP contribution in [0.2, 0.25) is 0 Å². The van der Waals surface area contributed by atoms with Crippen LogP contribution in [0.15, 0.2) is 72.1 Å². The summed E-state index contributed by atoms with van der Waals surface area (Å²) >= 11 is 0. The lowest BCUT2D eigenvalue weighted by Crippen LogP contribution is -2.22. The quantitative estimate of drug-likeness (QED) is 0.200. The highest BCUT2D eigenvalue weighted by atomic mass is 16.6. The zero-order chi connectivity index (χ0) is 27.1. The van der Waals surface area contributed by atoms with Crippen molar-refractivity contribution in [3.05, 3.63) is 94.4 Å². The molecule has 0 radical (unpaired) electrons. The van der Waals surface area contributed by atoms with Crippen molar-refractivity contribution in [1.82, 2.24) is 0 Å². The molecule has 3 aromatic carbocycles. The Labute approximate surface area is 223 Å². The number of nitriles is 1. The van der Waals surface area contributed by atoms with Crippen molar-refractivity contribution in [2.24, 2.45) is 5.73 Å². The number of nitrogens with two attached hydrogens (primary N) is 1. The second-order valence-electron chi connectivity index (χ2n) is 9.30. The number of hydrogen-bond donors (Lipinski definition) is 1. The van der Waals surface area contributed by atoms with Crippen molar-refractivity contribution in [2.75, 3.05) is 13.2 Å². The summed E-state index contributed by atoms with van der Waals surface area (Å²) in [5.74, 6) is 0.968. The van der Waals surface area contributed by atoms with Crippen LogP contribution in [0.3, 0.4) is 0 Å². The summed E-state index contributed by atoms with van der Waals surface area (Å²) in [6.07, 6.45) is 3.12. The van der Waals surface area contributed by atoms with Gasteiger partial charge in [-0.25, -0.2) is 4.79 Å². The SMILES string of the molecule is CCCCCOc1ccccc1C1C(C#N)=C(N)Oc2cc(OC(=O)COc3cc(C)cc(C)c3)ccc21. The molecule has 0 fully saturated rings. The minimum atomic E-state index is -0.552. The summed E-state index contributed by atoms with van der Waals surface area (Å²) in [4.78, 5) is 12.5. The predicted molar refractivity (Wildman–Crippen MR) is 144 cm³/mol. The fourth-order valence-corrected chi connectivity index (χ4v) is 4.52. The van der Waals surface area contributed by atoms with Crippen LogP contribution in [-0.2, 0) is 4.79 Å². The zero-order valence-electron chi connectivity index (χ0n) is 22.0. The highest BCUT2D eigenvalue weighted by Crippen LogP contribution is 2.45. The highest BCUT2D eigenvalue weighted by molar-refractivity contribution is 5.74. The van der Waals surface area contributed by atoms with Crippen molar-refractivity contribution in [3.8, 4) is 29.1 Å². The maximum Gasteiger partial charge on any atom is 0.349 e. The van der Waals surface area contributed by atoms with Gasteiger partial charge < -0.3 is 24.7 Å². The number of nitrogens with zero attached hydrogens (tertiary/aromatic N) is 1. The lowest BCUT2D eigenvalue weighted by molar-refractivity contribution is -0.136. The van der Waals surface area contributed by atoms with E-state index in [1.54, 1.807) is 18.2 Å². The molecule has 38 heavy (non-hydrogen) atoms. The molecule has 7 nitrogen and oxygen atoms in total. The van der Waals surface area contributed by atoms with E-state index in [0.29, 0.717) is 29.4 Å². The molecule has 1 heterocycles. The minimum Gasteiger partial charge on any atom is -0.493 e. The number of allylic oxidation sites excluding steroid dienone is 1. The summed E-state index contributed by atoms with van der Waals surface area (Å²) in [6.45, 7) is 6.41. The normalized spacial score (nSPS) is 14.2. The Balaban J connectivity index is 1.54. The number of para-hydroxylation sites is 1. The van der Waals surface area contributed by atoms with Crippen molar-refractivity contribution in [2.45, 2.75) is 46.0 Å². The Morgan fingerprint density at radius 3 is 2.47 bits per heavy atom. The Hall–Kier alpha value is -4.44. The van der Waals surface area contributed by atoms with E-state index in [1.807, 2.05) is 56.3 Å². The van der Waals surface area contributed by atoms with Crippen LogP contribution in [0.5, 0.6) is 23.0 Å². The van der Waals surface area contributed by atoms with Crippen molar-refractivity contribution >= 4 is 5.97 Å². The van der Waals surface area contributed by atoms with Crippen LogP contribution in [0.25, 0.3) is 0 Å². The Kier molecular flexibility index (Phi) is 8.55. The number of carbonyl (C=O) groups excluding carboxylic acids is 1. The number of aryl methyl sites for hydroxylation is 2. The summed E-state index contributed by atoms with van der Waals surface area (Å²) in [6, 6.07) is 20.6. The topological polar surface area (TPSA) is 104 Å².